The summed E-state index contributed by atoms with van der Waals surface area (Å²) in [6.45, 7) is 5.84. The molecule has 0 atom stereocenters. The number of nitrogens with two attached hydrogens (primary N) is 2. The van der Waals surface area contributed by atoms with Crippen molar-refractivity contribution >= 4 is 23.0 Å². The van der Waals surface area contributed by atoms with Gasteiger partial charge < -0.3 is 16.4 Å². The van der Waals surface area contributed by atoms with E-state index in [1.165, 1.54) is 11.0 Å². The molecule has 0 saturated carbocycles. The molecule has 0 aliphatic carbocycles. The highest BCUT2D eigenvalue weighted by molar-refractivity contribution is 6.03. The van der Waals surface area contributed by atoms with Crippen LogP contribution in [0.5, 0.6) is 0 Å². The van der Waals surface area contributed by atoms with Crippen LogP contribution < -0.4 is 16.4 Å². The predicted molar refractivity (Wildman–Crippen MR) is 63.5 cm³/mol. The van der Waals surface area contributed by atoms with Crippen molar-refractivity contribution in [2.75, 3.05) is 22.9 Å². The van der Waals surface area contributed by atoms with Gasteiger partial charge in [0.2, 0.25) is 5.91 Å². The molecule has 1 aromatic rings. The Hall–Kier alpha value is -1.97. The van der Waals surface area contributed by atoms with Gasteiger partial charge >= 0.3 is 0 Å². The fraction of sp³-hybridized carbons (Fsp3) is 0.182. The molecule has 0 bridgehead atoms. The number of nitrogens with zero attached hydrogens (tertiary/aromatic N) is 1. The molecular weight excluding hydrogens is 190 g/mol. The monoisotopic (exact) mass is 205 g/mol. The van der Waals surface area contributed by atoms with E-state index in [9.17, 15) is 4.79 Å². The molecule has 4 heteroatoms. The first-order chi connectivity index (χ1) is 7.10. The van der Waals surface area contributed by atoms with E-state index in [2.05, 4.69) is 6.58 Å². The molecule has 0 aliphatic rings. The van der Waals surface area contributed by atoms with E-state index >= 15 is 0 Å². The number of carbonyl (C=O) groups is 1. The van der Waals surface area contributed by atoms with Crippen molar-refractivity contribution < 1.29 is 4.79 Å². The van der Waals surface area contributed by atoms with Gasteiger partial charge in [-0.2, -0.15) is 0 Å². The van der Waals surface area contributed by atoms with Crippen molar-refractivity contribution in [3.05, 3.63) is 30.9 Å². The van der Waals surface area contributed by atoms with Gasteiger partial charge in [-0.05, 0) is 31.2 Å². The molecule has 0 aromatic heterocycles. The fourth-order valence-electron chi connectivity index (χ4n) is 1.35. The van der Waals surface area contributed by atoms with Gasteiger partial charge in [-0.3, -0.25) is 4.79 Å². The molecule has 0 aliphatic heterocycles. The first-order valence-electron chi connectivity index (χ1n) is 4.69. The number of likely N-dealkylation sites (N-methyl/N-ethyl adjacent to an activating group) is 1. The Balaban J connectivity index is 3.16. The van der Waals surface area contributed by atoms with Gasteiger partial charge in [-0.15, -0.1) is 0 Å². The average Bonchev–Trinajstić information content (AvgIpc) is 2.23. The summed E-state index contributed by atoms with van der Waals surface area (Å²) in [6, 6.07) is 5.06. The van der Waals surface area contributed by atoms with Crippen molar-refractivity contribution in [3.63, 3.8) is 0 Å². The third-order valence-corrected chi connectivity index (χ3v) is 2.10. The Kier molecular flexibility index (Phi) is 3.33. The van der Waals surface area contributed by atoms with E-state index < -0.39 is 0 Å². The maximum Gasteiger partial charge on any atom is 0.250 e. The largest absolute Gasteiger partial charge is 0.399 e. The standard InChI is InChI=1S/C11H15N3O/c1-3-11(15)14(4-2)10-7-8(12)5-6-9(10)13/h3,5-7H,1,4,12-13H2,2H3. The lowest BCUT2D eigenvalue weighted by Gasteiger charge is -2.21. The van der Waals surface area contributed by atoms with Crippen LogP contribution in [-0.2, 0) is 4.79 Å². The molecule has 1 aromatic carbocycles. The topological polar surface area (TPSA) is 72.3 Å². The summed E-state index contributed by atoms with van der Waals surface area (Å²) in [7, 11) is 0. The van der Waals surface area contributed by atoms with Gasteiger partial charge in [0, 0.05) is 12.2 Å². The minimum atomic E-state index is -0.185. The summed E-state index contributed by atoms with van der Waals surface area (Å²) in [6.07, 6.45) is 1.26. The molecule has 15 heavy (non-hydrogen) atoms. The number of anilines is 3. The summed E-state index contributed by atoms with van der Waals surface area (Å²) in [4.78, 5) is 13.0. The molecule has 1 amide bonds. The lowest BCUT2D eigenvalue weighted by atomic mass is 10.2. The van der Waals surface area contributed by atoms with Crippen molar-refractivity contribution in [2.45, 2.75) is 6.92 Å². The average molecular weight is 205 g/mol. The zero-order chi connectivity index (χ0) is 11.4. The van der Waals surface area contributed by atoms with E-state index in [0.717, 1.165) is 0 Å². The Morgan fingerprint density at radius 3 is 2.73 bits per heavy atom. The molecule has 0 fully saturated rings. The second kappa shape index (κ2) is 4.50. The highest BCUT2D eigenvalue weighted by atomic mass is 16.2. The molecule has 0 unspecified atom stereocenters. The molecule has 4 nitrogen and oxygen atoms in total. The van der Waals surface area contributed by atoms with Gasteiger partial charge in [0.05, 0.1) is 11.4 Å². The van der Waals surface area contributed by atoms with Crippen LogP contribution in [-0.4, -0.2) is 12.5 Å². The lowest BCUT2D eigenvalue weighted by Crippen LogP contribution is -2.29. The normalized spacial score (nSPS) is 9.67. The molecular formula is C11H15N3O. The number of carbonyl (C=O) groups excluding carboxylic acids is 1. The van der Waals surface area contributed by atoms with Crippen LogP contribution in [0.4, 0.5) is 17.1 Å². The number of rotatable bonds is 3. The second-order valence-corrected chi connectivity index (χ2v) is 3.10. The fourth-order valence-corrected chi connectivity index (χ4v) is 1.35. The third-order valence-electron chi connectivity index (χ3n) is 2.10. The van der Waals surface area contributed by atoms with Gasteiger partial charge in [0.15, 0.2) is 0 Å². The number of hydrogen-bond acceptors (Lipinski definition) is 3. The highest BCUT2D eigenvalue weighted by Gasteiger charge is 2.13. The van der Waals surface area contributed by atoms with Crippen LogP contribution in [0.2, 0.25) is 0 Å². The Bertz CT molecular complexity index is 387. The SMILES string of the molecule is C=CC(=O)N(CC)c1cc(N)ccc1N. The van der Waals surface area contributed by atoms with Gasteiger partial charge in [0.25, 0.3) is 0 Å². The van der Waals surface area contributed by atoms with Crippen LogP contribution in [0.1, 0.15) is 6.92 Å². The van der Waals surface area contributed by atoms with Crippen molar-refractivity contribution in [1.29, 1.82) is 0 Å². The zero-order valence-corrected chi connectivity index (χ0v) is 8.73. The number of hydrogen-bond donors (Lipinski definition) is 2. The molecule has 1 rings (SSSR count). The maximum atomic E-state index is 11.5. The Morgan fingerprint density at radius 2 is 2.20 bits per heavy atom. The third kappa shape index (κ3) is 2.28. The van der Waals surface area contributed by atoms with Gasteiger partial charge in [-0.25, -0.2) is 0 Å². The van der Waals surface area contributed by atoms with Gasteiger partial charge in [0.1, 0.15) is 0 Å². The van der Waals surface area contributed by atoms with Crippen LogP contribution in [0.25, 0.3) is 0 Å². The van der Waals surface area contributed by atoms with Crippen LogP contribution in [0, 0.1) is 0 Å². The molecule has 0 heterocycles. The minimum Gasteiger partial charge on any atom is -0.399 e. The lowest BCUT2D eigenvalue weighted by molar-refractivity contribution is -0.114. The second-order valence-electron chi connectivity index (χ2n) is 3.10. The number of nitrogen functional groups attached to an aromatic ring is 2. The first kappa shape index (κ1) is 11.1. The number of benzene rings is 1. The number of amides is 1. The van der Waals surface area contributed by atoms with Crippen molar-refractivity contribution in [2.24, 2.45) is 0 Å². The van der Waals surface area contributed by atoms with Gasteiger partial charge in [-0.1, -0.05) is 6.58 Å². The van der Waals surface area contributed by atoms with E-state index in [1.807, 2.05) is 6.92 Å². The summed E-state index contributed by atoms with van der Waals surface area (Å²) < 4.78 is 0. The smallest absolute Gasteiger partial charge is 0.250 e. The van der Waals surface area contributed by atoms with Crippen LogP contribution in [0.3, 0.4) is 0 Å². The van der Waals surface area contributed by atoms with E-state index in [-0.39, 0.29) is 5.91 Å². The molecule has 0 saturated heterocycles. The van der Waals surface area contributed by atoms with E-state index in [1.54, 1.807) is 18.2 Å². The first-order valence-corrected chi connectivity index (χ1v) is 4.69. The van der Waals surface area contributed by atoms with Crippen LogP contribution >= 0.6 is 0 Å². The maximum absolute atomic E-state index is 11.5. The van der Waals surface area contributed by atoms with E-state index in [4.69, 9.17) is 11.5 Å². The summed E-state index contributed by atoms with van der Waals surface area (Å²) in [5, 5.41) is 0. The molecule has 80 valence electrons. The minimum absolute atomic E-state index is 0.185. The molecule has 0 radical (unpaired) electrons. The zero-order valence-electron chi connectivity index (χ0n) is 8.73. The predicted octanol–water partition coefficient (Wildman–Crippen LogP) is 1.39. The highest BCUT2D eigenvalue weighted by Crippen LogP contribution is 2.25. The summed E-state index contributed by atoms with van der Waals surface area (Å²) in [5.74, 6) is -0.185. The summed E-state index contributed by atoms with van der Waals surface area (Å²) in [5.41, 5.74) is 13.2. The Morgan fingerprint density at radius 1 is 1.53 bits per heavy atom. The van der Waals surface area contributed by atoms with Crippen LogP contribution in [0.15, 0.2) is 30.9 Å². The van der Waals surface area contributed by atoms with E-state index in [0.29, 0.717) is 23.6 Å². The summed E-state index contributed by atoms with van der Waals surface area (Å²) >= 11 is 0. The molecule has 4 N–H and O–H groups in total. The quantitative estimate of drug-likeness (QED) is 0.578. The molecule has 0 spiro atoms. The van der Waals surface area contributed by atoms with Crippen molar-refractivity contribution in [3.8, 4) is 0 Å². The van der Waals surface area contributed by atoms with Crippen molar-refractivity contribution in [1.82, 2.24) is 0 Å². The Labute approximate surface area is 89.2 Å².